The second kappa shape index (κ2) is 11.9. The molecule has 0 radical (unpaired) electrons. The molecule has 0 unspecified atom stereocenters. The standard InChI is InChI=1S/C19H26F3N5O.HI/c1-14-13-15(2)27(26-14)12-4-10-24-18(23-3)25-11-9-16-5-7-17(8-6-16)28-19(20,21)22;/h5-8,13H,4,9-12H2,1-3H3,(H2,23,24,25);1H. The summed E-state index contributed by atoms with van der Waals surface area (Å²) in [5, 5.41) is 10.9. The van der Waals surface area contributed by atoms with Crippen LogP contribution in [0.2, 0.25) is 0 Å². The second-order valence-corrected chi connectivity index (χ2v) is 6.37. The molecule has 162 valence electrons. The molecule has 2 aromatic rings. The van der Waals surface area contributed by atoms with Gasteiger partial charge in [-0.15, -0.1) is 37.1 Å². The molecule has 0 saturated heterocycles. The number of nitrogens with one attached hydrogen (secondary N) is 2. The van der Waals surface area contributed by atoms with Crippen LogP contribution in [0.25, 0.3) is 0 Å². The van der Waals surface area contributed by atoms with Gasteiger partial charge < -0.3 is 15.4 Å². The summed E-state index contributed by atoms with van der Waals surface area (Å²) in [5.41, 5.74) is 3.06. The fourth-order valence-electron chi connectivity index (χ4n) is 2.74. The molecule has 0 aliphatic heterocycles. The fourth-order valence-corrected chi connectivity index (χ4v) is 2.74. The molecule has 0 spiro atoms. The Balaban J connectivity index is 0.00000420. The number of rotatable bonds is 8. The van der Waals surface area contributed by atoms with Crippen molar-refractivity contribution < 1.29 is 17.9 Å². The van der Waals surface area contributed by atoms with Gasteiger partial charge in [0.05, 0.1) is 5.69 Å². The molecule has 0 amide bonds. The van der Waals surface area contributed by atoms with Crippen LogP contribution < -0.4 is 15.4 Å². The van der Waals surface area contributed by atoms with Gasteiger partial charge in [0, 0.05) is 32.4 Å². The summed E-state index contributed by atoms with van der Waals surface area (Å²) in [7, 11) is 1.69. The van der Waals surface area contributed by atoms with Crippen molar-refractivity contribution in [2.75, 3.05) is 20.1 Å². The Morgan fingerprint density at radius 3 is 2.34 bits per heavy atom. The van der Waals surface area contributed by atoms with Gasteiger partial charge in [-0.2, -0.15) is 5.10 Å². The number of nitrogens with zero attached hydrogens (tertiary/aromatic N) is 3. The van der Waals surface area contributed by atoms with Crippen LogP contribution in [0, 0.1) is 13.8 Å². The number of halogens is 4. The van der Waals surface area contributed by atoms with Crippen molar-refractivity contribution >= 4 is 29.9 Å². The molecule has 0 aliphatic rings. The number of hydrogen-bond donors (Lipinski definition) is 2. The van der Waals surface area contributed by atoms with Gasteiger partial charge in [-0.3, -0.25) is 9.67 Å². The predicted molar refractivity (Wildman–Crippen MR) is 118 cm³/mol. The van der Waals surface area contributed by atoms with Crippen LogP contribution in [0.3, 0.4) is 0 Å². The van der Waals surface area contributed by atoms with E-state index in [1.165, 1.54) is 12.1 Å². The minimum atomic E-state index is -4.67. The van der Waals surface area contributed by atoms with E-state index < -0.39 is 6.36 Å². The molecule has 1 heterocycles. The first kappa shape index (κ1) is 25.1. The summed E-state index contributed by atoms with van der Waals surface area (Å²) in [6.45, 7) is 6.20. The van der Waals surface area contributed by atoms with Crippen LogP contribution in [-0.2, 0) is 13.0 Å². The second-order valence-electron chi connectivity index (χ2n) is 6.37. The van der Waals surface area contributed by atoms with Crippen molar-refractivity contribution in [2.45, 2.75) is 39.6 Å². The van der Waals surface area contributed by atoms with Crippen LogP contribution in [0.15, 0.2) is 35.3 Å². The summed E-state index contributed by atoms with van der Waals surface area (Å²) in [6, 6.07) is 7.92. The van der Waals surface area contributed by atoms with Crippen molar-refractivity contribution in [2.24, 2.45) is 4.99 Å². The van der Waals surface area contributed by atoms with Crippen molar-refractivity contribution in [3.63, 3.8) is 0 Å². The Morgan fingerprint density at radius 2 is 1.79 bits per heavy atom. The lowest BCUT2D eigenvalue weighted by atomic mass is 10.1. The minimum absolute atomic E-state index is 0. The highest BCUT2D eigenvalue weighted by atomic mass is 127. The van der Waals surface area contributed by atoms with E-state index in [1.807, 2.05) is 18.5 Å². The highest BCUT2D eigenvalue weighted by Crippen LogP contribution is 2.22. The predicted octanol–water partition coefficient (Wildman–Crippen LogP) is 3.81. The number of aliphatic imine (C=N–C) groups is 1. The van der Waals surface area contributed by atoms with Gasteiger partial charge in [0.2, 0.25) is 0 Å². The van der Waals surface area contributed by atoms with E-state index in [0.29, 0.717) is 18.9 Å². The summed E-state index contributed by atoms with van der Waals surface area (Å²) in [5.74, 6) is 0.467. The Morgan fingerprint density at radius 1 is 1.14 bits per heavy atom. The maximum Gasteiger partial charge on any atom is 0.573 e. The van der Waals surface area contributed by atoms with E-state index in [0.717, 1.165) is 36.5 Å². The monoisotopic (exact) mass is 525 g/mol. The third-order valence-corrected chi connectivity index (χ3v) is 4.03. The smallest absolute Gasteiger partial charge is 0.406 e. The van der Waals surface area contributed by atoms with Crippen molar-refractivity contribution in [3.05, 3.63) is 47.3 Å². The molecule has 2 N–H and O–H groups in total. The Hall–Kier alpha value is -1.98. The summed E-state index contributed by atoms with van der Waals surface area (Å²) in [4.78, 5) is 4.17. The molecular weight excluding hydrogens is 498 g/mol. The van der Waals surface area contributed by atoms with Crippen LogP contribution in [-0.4, -0.2) is 42.2 Å². The number of aromatic nitrogens is 2. The SMILES string of the molecule is CN=C(NCCCn1nc(C)cc1C)NCCc1ccc(OC(F)(F)F)cc1.I. The van der Waals surface area contributed by atoms with Gasteiger partial charge in [-0.25, -0.2) is 0 Å². The maximum atomic E-state index is 12.2. The summed E-state index contributed by atoms with van der Waals surface area (Å²) in [6.07, 6.45) is -3.11. The first-order chi connectivity index (χ1) is 13.3. The molecule has 0 aliphatic carbocycles. The fraction of sp³-hybridized carbons (Fsp3) is 0.474. The summed E-state index contributed by atoms with van der Waals surface area (Å²) >= 11 is 0. The number of benzene rings is 1. The number of hydrogen-bond acceptors (Lipinski definition) is 3. The van der Waals surface area contributed by atoms with Gasteiger partial charge in [-0.1, -0.05) is 12.1 Å². The first-order valence-electron chi connectivity index (χ1n) is 9.07. The van der Waals surface area contributed by atoms with E-state index >= 15 is 0 Å². The lowest BCUT2D eigenvalue weighted by Crippen LogP contribution is -2.39. The van der Waals surface area contributed by atoms with Crippen LogP contribution in [0.5, 0.6) is 5.75 Å². The zero-order chi connectivity index (χ0) is 20.6. The number of ether oxygens (including phenoxy) is 1. The Labute approximate surface area is 185 Å². The maximum absolute atomic E-state index is 12.2. The lowest BCUT2D eigenvalue weighted by Gasteiger charge is -2.13. The molecule has 29 heavy (non-hydrogen) atoms. The molecular formula is C19H27F3IN5O. The van der Waals surface area contributed by atoms with E-state index in [1.54, 1.807) is 19.2 Å². The molecule has 0 atom stereocenters. The first-order valence-corrected chi connectivity index (χ1v) is 9.07. The van der Waals surface area contributed by atoms with Crippen molar-refractivity contribution in [1.29, 1.82) is 0 Å². The highest BCUT2D eigenvalue weighted by Gasteiger charge is 2.30. The number of aryl methyl sites for hydroxylation is 3. The Bertz CT molecular complexity index is 775. The Kier molecular flexibility index (Phi) is 10.3. The molecule has 2 rings (SSSR count). The quantitative estimate of drug-likeness (QED) is 0.238. The van der Waals surface area contributed by atoms with Gasteiger partial charge in [0.25, 0.3) is 0 Å². The van der Waals surface area contributed by atoms with Gasteiger partial charge >= 0.3 is 6.36 Å². The van der Waals surface area contributed by atoms with E-state index in [2.05, 4.69) is 31.5 Å². The molecule has 1 aromatic carbocycles. The normalized spacial score (nSPS) is 11.7. The molecule has 0 bridgehead atoms. The van der Waals surface area contributed by atoms with Gasteiger partial charge in [0.1, 0.15) is 5.75 Å². The van der Waals surface area contributed by atoms with Crippen molar-refractivity contribution in [3.8, 4) is 5.75 Å². The average Bonchev–Trinajstić information content (AvgIpc) is 2.94. The third kappa shape index (κ3) is 9.37. The van der Waals surface area contributed by atoms with Crippen LogP contribution in [0.4, 0.5) is 13.2 Å². The van der Waals surface area contributed by atoms with E-state index in [4.69, 9.17) is 0 Å². The molecule has 1 aromatic heterocycles. The van der Waals surface area contributed by atoms with Gasteiger partial charge in [-0.05, 0) is 50.5 Å². The molecule has 10 heteroatoms. The molecule has 0 saturated carbocycles. The van der Waals surface area contributed by atoms with Crippen LogP contribution >= 0.6 is 24.0 Å². The average molecular weight is 525 g/mol. The number of alkyl halides is 3. The topological polar surface area (TPSA) is 63.5 Å². The minimum Gasteiger partial charge on any atom is -0.406 e. The molecule has 0 fully saturated rings. The third-order valence-electron chi connectivity index (χ3n) is 4.03. The van der Waals surface area contributed by atoms with Crippen molar-refractivity contribution in [1.82, 2.24) is 20.4 Å². The van der Waals surface area contributed by atoms with E-state index in [-0.39, 0.29) is 29.7 Å². The highest BCUT2D eigenvalue weighted by molar-refractivity contribution is 14.0. The summed E-state index contributed by atoms with van der Waals surface area (Å²) < 4.78 is 42.3. The van der Waals surface area contributed by atoms with E-state index in [9.17, 15) is 13.2 Å². The number of guanidine groups is 1. The van der Waals surface area contributed by atoms with Gasteiger partial charge in [0.15, 0.2) is 5.96 Å². The lowest BCUT2D eigenvalue weighted by molar-refractivity contribution is -0.274. The molecule has 6 nitrogen and oxygen atoms in total. The zero-order valence-corrected chi connectivity index (χ0v) is 19.0. The zero-order valence-electron chi connectivity index (χ0n) is 16.7. The van der Waals surface area contributed by atoms with Crippen LogP contribution in [0.1, 0.15) is 23.4 Å². The largest absolute Gasteiger partial charge is 0.573 e.